The summed E-state index contributed by atoms with van der Waals surface area (Å²) in [5, 5.41) is 16.1. The van der Waals surface area contributed by atoms with Crippen molar-refractivity contribution in [3.05, 3.63) is 11.3 Å². The van der Waals surface area contributed by atoms with E-state index >= 15 is 0 Å². The first-order chi connectivity index (χ1) is 8.51. The van der Waals surface area contributed by atoms with Crippen molar-refractivity contribution in [2.75, 3.05) is 5.32 Å². The maximum atomic E-state index is 11.6. The van der Waals surface area contributed by atoms with Gasteiger partial charge >= 0.3 is 0 Å². The minimum absolute atomic E-state index is 0.119. The van der Waals surface area contributed by atoms with Crippen LogP contribution in [0.15, 0.2) is 0 Å². The zero-order chi connectivity index (χ0) is 13.7. The number of carbonyl (C=O) groups is 1. The lowest BCUT2D eigenvalue weighted by atomic mass is 10.1. The first-order valence-corrected chi connectivity index (χ1v) is 6.28. The van der Waals surface area contributed by atoms with Crippen LogP contribution in [0.5, 0.6) is 0 Å². The van der Waals surface area contributed by atoms with Gasteiger partial charge in [-0.3, -0.25) is 9.48 Å². The number of aryl methyl sites for hydroxylation is 1. The van der Waals surface area contributed by atoms with E-state index in [4.69, 9.17) is 0 Å². The van der Waals surface area contributed by atoms with Gasteiger partial charge in [0.15, 0.2) is 5.82 Å². The number of carbonyl (C=O) groups excluding carboxylic acids is 1. The van der Waals surface area contributed by atoms with E-state index in [1.165, 1.54) is 0 Å². The Bertz CT molecular complexity index is 468. The third-order valence-electron chi connectivity index (χ3n) is 2.81. The van der Waals surface area contributed by atoms with Crippen molar-refractivity contribution >= 4 is 11.7 Å². The molecule has 0 unspecified atom stereocenters. The Labute approximate surface area is 108 Å². The summed E-state index contributed by atoms with van der Waals surface area (Å²) in [6, 6.07) is 2.14. The van der Waals surface area contributed by atoms with E-state index in [2.05, 4.69) is 23.4 Å². The lowest BCUT2D eigenvalue weighted by Gasteiger charge is -2.04. The average molecular weight is 248 g/mol. The van der Waals surface area contributed by atoms with Gasteiger partial charge in [-0.05, 0) is 12.8 Å². The van der Waals surface area contributed by atoms with Crippen LogP contribution in [0.2, 0.25) is 0 Å². The Morgan fingerprint density at radius 2 is 2.22 bits per heavy atom. The zero-order valence-electron chi connectivity index (χ0n) is 11.4. The molecule has 0 aromatic carbocycles. The fraction of sp³-hybridized carbons (Fsp3) is 0.615. The third-order valence-corrected chi connectivity index (χ3v) is 2.81. The predicted octanol–water partition coefficient (Wildman–Crippen LogP) is 2.23. The van der Waals surface area contributed by atoms with Crippen LogP contribution in [0.1, 0.15) is 44.9 Å². The van der Waals surface area contributed by atoms with E-state index in [1.807, 2.05) is 13.8 Å². The molecular weight excluding hydrogens is 228 g/mol. The highest BCUT2D eigenvalue weighted by molar-refractivity contribution is 5.92. The molecule has 5 heteroatoms. The molecule has 0 aliphatic rings. The summed E-state index contributed by atoms with van der Waals surface area (Å²) in [4.78, 5) is 11.6. The van der Waals surface area contributed by atoms with Crippen molar-refractivity contribution < 1.29 is 4.79 Å². The number of nitrogens with zero attached hydrogens (tertiary/aromatic N) is 3. The third kappa shape index (κ3) is 3.10. The second-order valence-corrected chi connectivity index (χ2v) is 4.65. The van der Waals surface area contributed by atoms with Crippen LogP contribution in [0.4, 0.5) is 5.82 Å². The van der Waals surface area contributed by atoms with Gasteiger partial charge in [0, 0.05) is 13.0 Å². The zero-order valence-corrected chi connectivity index (χ0v) is 11.4. The van der Waals surface area contributed by atoms with Crippen molar-refractivity contribution in [3.8, 4) is 6.07 Å². The van der Waals surface area contributed by atoms with Crippen molar-refractivity contribution in [3.63, 3.8) is 0 Å². The second kappa shape index (κ2) is 6.20. The van der Waals surface area contributed by atoms with Crippen LogP contribution in [0.25, 0.3) is 0 Å². The summed E-state index contributed by atoms with van der Waals surface area (Å²) in [5.74, 6) is 0.133. The lowest BCUT2D eigenvalue weighted by molar-refractivity contribution is -0.118. The van der Waals surface area contributed by atoms with Crippen LogP contribution >= 0.6 is 0 Å². The number of hydrogen-bond donors (Lipinski definition) is 1. The van der Waals surface area contributed by atoms with Gasteiger partial charge in [-0.2, -0.15) is 10.4 Å². The Hall–Kier alpha value is -1.83. The molecule has 0 saturated heterocycles. The van der Waals surface area contributed by atoms with E-state index in [9.17, 15) is 10.1 Å². The molecule has 0 atom stereocenters. The van der Waals surface area contributed by atoms with Crippen LogP contribution in [-0.4, -0.2) is 15.7 Å². The maximum absolute atomic E-state index is 11.6. The Balaban J connectivity index is 3.00. The Morgan fingerprint density at radius 1 is 1.56 bits per heavy atom. The SMILES string of the molecule is CCCCc1c(C#N)c(NC(=O)C(C)C)nn1C. The number of nitrogens with one attached hydrogen (secondary N) is 1. The van der Waals surface area contributed by atoms with Crippen LogP contribution in [0, 0.1) is 17.2 Å². The number of rotatable bonds is 5. The number of unbranched alkanes of at least 4 members (excludes halogenated alkanes) is 1. The van der Waals surface area contributed by atoms with Crippen molar-refractivity contribution in [2.24, 2.45) is 13.0 Å². The quantitative estimate of drug-likeness (QED) is 0.868. The highest BCUT2D eigenvalue weighted by Gasteiger charge is 2.18. The topological polar surface area (TPSA) is 70.7 Å². The molecule has 98 valence electrons. The molecule has 0 fully saturated rings. The minimum atomic E-state index is -0.127. The molecular formula is C13H20N4O. The van der Waals surface area contributed by atoms with E-state index in [0.717, 1.165) is 25.0 Å². The Morgan fingerprint density at radius 3 is 2.72 bits per heavy atom. The monoisotopic (exact) mass is 248 g/mol. The van der Waals surface area contributed by atoms with Crippen molar-refractivity contribution in [1.29, 1.82) is 5.26 Å². The molecule has 0 saturated carbocycles. The molecule has 1 amide bonds. The van der Waals surface area contributed by atoms with Gasteiger partial charge in [0.05, 0.1) is 5.69 Å². The average Bonchev–Trinajstić information content (AvgIpc) is 2.61. The predicted molar refractivity (Wildman–Crippen MR) is 70.0 cm³/mol. The largest absolute Gasteiger partial charge is 0.308 e. The molecule has 0 radical (unpaired) electrons. The summed E-state index contributed by atoms with van der Waals surface area (Å²) in [7, 11) is 1.80. The molecule has 0 aliphatic heterocycles. The van der Waals surface area contributed by atoms with Gasteiger partial charge in [-0.25, -0.2) is 0 Å². The summed E-state index contributed by atoms with van der Waals surface area (Å²) in [6.07, 6.45) is 2.87. The van der Waals surface area contributed by atoms with E-state index in [1.54, 1.807) is 11.7 Å². The maximum Gasteiger partial charge on any atom is 0.228 e. The van der Waals surface area contributed by atoms with Crippen LogP contribution < -0.4 is 5.32 Å². The van der Waals surface area contributed by atoms with E-state index in [-0.39, 0.29) is 11.8 Å². The summed E-state index contributed by atoms with van der Waals surface area (Å²) in [5.41, 5.74) is 1.37. The molecule has 1 aromatic rings. The minimum Gasteiger partial charge on any atom is -0.308 e. The summed E-state index contributed by atoms with van der Waals surface area (Å²) < 4.78 is 1.68. The molecule has 5 nitrogen and oxygen atoms in total. The molecule has 18 heavy (non-hydrogen) atoms. The lowest BCUT2D eigenvalue weighted by Crippen LogP contribution is -2.18. The van der Waals surface area contributed by atoms with E-state index in [0.29, 0.717) is 11.4 Å². The van der Waals surface area contributed by atoms with Gasteiger partial charge in [0.1, 0.15) is 11.6 Å². The van der Waals surface area contributed by atoms with Crippen LogP contribution in [0.3, 0.4) is 0 Å². The highest BCUT2D eigenvalue weighted by atomic mass is 16.1. The van der Waals surface area contributed by atoms with Crippen molar-refractivity contribution in [2.45, 2.75) is 40.0 Å². The normalized spacial score (nSPS) is 10.4. The number of amides is 1. The smallest absolute Gasteiger partial charge is 0.228 e. The van der Waals surface area contributed by atoms with Gasteiger partial charge in [-0.15, -0.1) is 0 Å². The summed E-state index contributed by atoms with van der Waals surface area (Å²) in [6.45, 7) is 5.72. The highest BCUT2D eigenvalue weighted by Crippen LogP contribution is 2.20. The Kier molecular flexibility index (Phi) is 4.90. The molecule has 0 aliphatic carbocycles. The number of aromatic nitrogens is 2. The van der Waals surface area contributed by atoms with Gasteiger partial charge < -0.3 is 5.32 Å². The fourth-order valence-corrected chi connectivity index (χ4v) is 1.66. The second-order valence-electron chi connectivity index (χ2n) is 4.65. The number of anilines is 1. The molecule has 1 N–H and O–H groups in total. The fourth-order valence-electron chi connectivity index (χ4n) is 1.66. The molecule has 1 aromatic heterocycles. The first-order valence-electron chi connectivity index (χ1n) is 6.28. The summed E-state index contributed by atoms with van der Waals surface area (Å²) >= 11 is 0. The molecule has 1 rings (SSSR count). The van der Waals surface area contributed by atoms with Gasteiger partial charge in [-0.1, -0.05) is 27.2 Å². The van der Waals surface area contributed by atoms with Crippen molar-refractivity contribution in [1.82, 2.24) is 9.78 Å². The first kappa shape index (κ1) is 14.2. The number of nitriles is 1. The van der Waals surface area contributed by atoms with Gasteiger partial charge in [0.25, 0.3) is 0 Å². The molecule has 0 bridgehead atoms. The molecule has 1 heterocycles. The molecule has 0 spiro atoms. The van der Waals surface area contributed by atoms with Crippen LogP contribution in [-0.2, 0) is 18.3 Å². The number of hydrogen-bond acceptors (Lipinski definition) is 3. The standard InChI is InChI=1S/C13H20N4O/c1-5-6-7-11-10(8-14)12(16-17(11)4)15-13(18)9(2)3/h9H,5-7H2,1-4H3,(H,15,16,18). The van der Waals surface area contributed by atoms with Gasteiger partial charge in [0.2, 0.25) is 5.91 Å². The van der Waals surface area contributed by atoms with E-state index < -0.39 is 0 Å².